The zero-order valence-corrected chi connectivity index (χ0v) is 34.2. The van der Waals surface area contributed by atoms with Crippen LogP contribution in [-0.4, -0.2) is 50.1 Å². The first kappa shape index (κ1) is 41.7. The molecule has 312 valence electrons. The maximum atomic E-state index is 14.6. The second-order valence-corrected chi connectivity index (χ2v) is 19.4. The molecule has 1 heterocycles. The molecule has 0 aromatic carbocycles. The third-order valence-electron chi connectivity index (χ3n) is 15.9. The lowest BCUT2D eigenvalue weighted by atomic mass is 9.75. The average Bonchev–Trinajstić information content (AvgIpc) is 3.22. The lowest BCUT2D eigenvalue weighted by Crippen LogP contribution is -2.58. The van der Waals surface area contributed by atoms with Crippen LogP contribution in [0.1, 0.15) is 191 Å². The van der Waals surface area contributed by atoms with Gasteiger partial charge < -0.3 is 0 Å². The summed E-state index contributed by atoms with van der Waals surface area (Å²) in [5.74, 6) is 3.59. The van der Waals surface area contributed by atoms with E-state index in [-0.39, 0.29) is 53.3 Å². The van der Waals surface area contributed by atoms with Crippen molar-refractivity contribution in [3.63, 3.8) is 0 Å². The van der Waals surface area contributed by atoms with Crippen LogP contribution >= 0.6 is 0 Å². The fraction of sp³-hybridized carbons (Fsp3) is 0.867. The number of nitrogens with zero attached hydrogens (tertiary/aromatic N) is 6. The first-order valence-corrected chi connectivity index (χ1v) is 23.0. The van der Waals surface area contributed by atoms with E-state index in [2.05, 4.69) is 15.0 Å². The van der Waals surface area contributed by atoms with Crippen LogP contribution in [0, 0.1) is 35.5 Å². The van der Waals surface area contributed by atoms with Crippen molar-refractivity contribution in [3.8, 4) is 0 Å². The minimum Gasteiger partial charge on any atom is -0.247 e. The van der Waals surface area contributed by atoms with Crippen molar-refractivity contribution in [2.45, 2.75) is 210 Å². The summed E-state index contributed by atoms with van der Waals surface area (Å²) >= 11 is 0. The van der Waals surface area contributed by atoms with E-state index in [1.807, 2.05) is 0 Å². The molecule has 1 aromatic heterocycles. The molecule has 0 unspecified atom stereocenters. The van der Waals surface area contributed by atoms with Crippen molar-refractivity contribution in [2.75, 3.05) is 0 Å². The van der Waals surface area contributed by atoms with Crippen LogP contribution in [0.3, 0.4) is 0 Å². The van der Waals surface area contributed by atoms with Crippen LogP contribution in [-0.2, 0) is 14.4 Å². The Morgan fingerprint density at radius 1 is 0.333 bits per heavy atom. The van der Waals surface area contributed by atoms with Gasteiger partial charge in [-0.05, 0) is 209 Å². The Balaban J connectivity index is 1.04. The van der Waals surface area contributed by atoms with Gasteiger partial charge in [-0.15, -0.1) is 0 Å². The molecule has 6 aliphatic carbocycles. The predicted octanol–water partition coefficient (Wildman–Crippen LogP) is 8.22. The zero-order valence-electron chi connectivity index (χ0n) is 34.2. The zero-order chi connectivity index (χ0) is 39.7. The topological polar surface area (TPSA) is 154 Å². The number of aliphatic imine (C=N–C) groups is 3. The predicted molar refractivity (Wildman–Crippen MR) is 218 cm³/mol. The summed E-state index contributed by atoms with van der Waals surface area (Å²) in [6, 6.07) is -0.215. The molecule has 0 saturated heterocycles. The number of aromatic nitrogens is 3. The Morgan fingerprint density at radius 3 is 0.719 bits per heavy atom. The number of hydrogen-bond donors (Lipinski definition) is 0. The molecular formula is C45H66N6O6. The summed E-state index contributed by atoms with van der Waals surface area (Å²) in [5, 5.41) is 0. The first-order chi connectivity index (χ1) is 27.8. The standard InChI is InChI=1S/C45H66N6O6/c52-28-46-37-13-1-31(2-14-37)25-34-7-19-40(20-8-34)49-43(55)50(41-21-9-35(10-22-41)26-32-3-15-38(16-4-32)47-29-53)45(57)51(44(49)56)42-23-11-36(12-24-42)27-33-5-17-39(18-6-33)48-30-54/h31-42H,1-27H2. The fourth-order valence-corrected chi connectivity index (χ4v) is 12.6. The van der Waals surface area contributed by atoms with Crippen LogP contribution in [0.15, 0.2) is 29.4 Å². The fourth-order valence-electron chi connectivity index (χ4n) is 12.6. The lowest BCUT2D eigenvalue weighted by Gasteiger charge is -2.36. The minimum absolute atomic E-state index is 0.121. The molecule has 0 amide bonds. The number of isocyanates is 3. The van der Waals surface area contributed by atoms with Crippen LogP contribution in [0.2, 0.25) is 0 Å². The smallest absolute Gasteiger partial charge is 0.247 e. The van der Waals surface area contributed by atoms with Crippen LogP contribution in [0.25, 0.3) is 0 Å². The maximum Gasteiger partial charge on any atom is 0.336 e. The van der Waals surface area contributed by atoms with Gasteiger partial charge in [0.2, 0.25) is 18.2 Å². The van der Waals surface area contributed by atoms with Gasteiger partial charge in [0.25, 0.3) is 0 Å². The van der Waals surface area contributed by atoms with Crippen molar-refractivity contribution in [1.82, 2.24) is 13.7 Å². The quantitative estimate of drug-likeness (QED) is 0.154. The monoisotopic (exact) mass is 787 g/mol. The van der Waals surface area contributed by atoms with Crippen molar-refractivity contribution in [2.24, 2.45) is 50.5 Å². The van der Waals surface area contributed by atoms with Crippen LogP contribution < -0.4 is 17.1 Å². The molecule has 0 N–H and O–H groups in total. The number of carbonyl (C=O) groups excluding carboxylic acids is 3. The van der Waals surface area contributed by atoms with E-state index in [0.717, 1.165) is 173 Å². The highest BCUT2D eigenvalue weighted by atomic mass is 16.2. The summed E-state index contributed by atoms with van der Waals surface area (Å²) in [5.41, 5.74) is -1.17. The Morgan fingerprint density at radius 2 is 0.526 bits per heavy atom. The van der Waals surface area contributed by atoms with E-state index in [0.29, 0.717) is 35.5 Å². The van der Waals surface area contributed by atoms with E-state index < -0.39 is 0 Å². The molecule has 0 aliphatic heterocycles. The van der Waals surface area contributed by atoms with E-state index in [4.69, 9.17) is 0 Å². The molecule has 0 spiro atoms. The summed E-state index contributed by atoms with van der Waals surface area (Å²) < 4.78 is 4.58. The Labute approximate surface area is 337 Å². The van der Waals surface area contributed by atoms with Crippen molar-refractivity contribution in [3.05, 3.63) is 31.5 Å². The Kier molecular flexibility index (Phi) is 14.6. The summed E-state index contributed by atoms with van der Waals surface area (Å²) in [6.07, 6.45) is 31.4. The van der Waals surface area contributed by atoms with Gasteiger partial charge >= 0.3 is 17.1 Å². The van der Waals surface area contributed by atoms with Crippen molar-refractivity contribution in [1.29, 1.82) is 0 Å². The van der Waals surface area contributed by atoms with Crippen molar-refractivity contribution >= 4 is 18.2 Å². The molecule has 12 heteroatoms. The second kappa shape index (κ2) is 20.0. The van der Waals surface area contributed by atoms with E-state index in [1.165, 1.54) is 13.7 Å². The summed E-state index contributed by atoms with van der Waals surface area (Å²) in [7, 11) is 0. The molecule has 7 rings (SSSR count). The maximum absolute atomic E-state index is 14.6. The highest BCUT2D eigenvalue weighted by molar-refractivity contribution is 5.34. The second-order valence-electron chi connectivity index (χ2n) is 19.4. The van der Waals surface area contributed by atoms with Gasteiger partial charge in [-0.3, -0.25) is 0 Å². The van der Waals surface area contributed by atoms with E-state index in [1.54, 1.807) is 18.2 Å². The van der Waals surface area contributed by atoms with Gasteiger partial charge in [0, 0.05) is 18.1 Å². The van der Waals surface area contributed by atoms with E-state index >= 15 is 0 Å². The third kappa shape index (κ3) is 10.4. The molecule has 6 fully saturated rings. The van der Waals surface area contributed by atoms with E-state index in [9.17, 15) is 28.8 Å². The Hall–Kier alpha value is -3.45. The minimum atomic E-state index is -0.389. The van der Waals surface area contributed by atoms with Gasteiger partial charge in [-0.25, -0.2) is 57.4 Å². The highest BCUT2D eigenvalue weighted by Crippen LogP contribution is 2.42. The van der Waals surface area contributed by atoms with Gasteiger partial charge in [0.15, 0.2) is 0 Å². The summed E-state index contributed by atoms with van der Waals surface area (Å²) in [4.78, 5) is 87.8. The molecule has 0 atom stereocenters. The molecular weight excluding hydrogens is 721 g/mol. The third-order valence-corrected chi connectivity index (χ3v) is 15.9. The van der Waals surface area contributed by atoms with Gasteiger partial charge in [-0.2, -0.15) is 0 Å². The first-order valence-electron chi connectivity index (χ1n) is 23.0. The average molecular weight is 787 g/mol. The van der Waals surface area contributed by atoms with Crippen LogP contribution in [0.5, 0.6) is 0 Å². The largest absolute Gasteiger partial charge is 0.336 e. The highest BCUT2D eigenvalue weighted by Gasteiger charge is 2.36. The van der Waals surface area contributed by atoms with Crippen LogP contribution in [0.4, 0.5) is 0 Å². The van der Waals surface area contributed by atoms with Gasteiger partial charge in [-0.1, -0.05) is 0 Å². The van der Waals surface area contributed by atoms with Gasteiger partial charge in [0.1, 0.15) is 0 Å². The summed E-state index contributed by atoms with van der Waals surface area (Å²) in [6.45, 7) is 0. The SMILES string of the molecule is O=C=NC1CCC(CC2CCC(n3c(=O)n(C4CCC(CC5CCC(N=C=O)CC5)CC4)c(=O)n(C4CCC(CC5CCC(N=C=O)CC5)CC4)c3=O)CC2)CC1. The molecule has 57 heavy (non-hydrogen) atoms. The molecule has 12 nitrogen and oxygen atoms in total. The molecule has 6 aliphatic rings. The molecule has 0 bridgehead atoms. The molecule has 0 radical (unpaired) electrons. The Bertz CT molecular complexity index is 1560. The lowest BCUT2D eigenvalue weighted by molar-refractivity contribution is 0.172. The molecule has 6 saturated carbocycles. The van der Waals surface area contributed by atoms with Crippen molar-refractivity contribution < 1.29 is 14.4 Å². The molecule has 1 aromatic rings. The number of hydrogen-bond acceptors (Lipinski definition) is 9. The number of rotatable bonds is 12. The normalized spacial score (nSPS) is 36.2. The van der Waals surface area contributed by atoms with Gasteiger partial charge in [0.05, 0.1) is 18.1 Å².